The molecule has 0 aliphatic carbocycles. The highest BCUT2D eigenvalue weighted by Crippen LogP contribution is 2.22. The molecular weight excluding hydrogens is 300 g/mol. The number of nitrogens with one attached hydrogen (secondary N) is 1. The van der Waals surface area contributed by atoms with E-state index < -0.39 is 4.92 Å². The number of nitrogens with zero attached hydrogens (tertiary/aromatic N) is 1. The number of nitro benzene ring substituents is 1. The van der Waals surface area contributed by atoms with Gasteiger partial charge in [-0.3, -0.25) is 14.9 Å². The maximum atomic E-state index is 12.2. The zero-order valence-electron chi connectivity index (χ0n) is 12.3. The van der Waals surface area contributed by atoms with E-state index in [2.05, 4.69) is 5.32 Å². The van der Waals surface area contributed by atoms with Gasteiger partial charge >= 0.3 is 0 Å². The second kappa shape index (κ2) is 7.09. The molecule has 1 amide bonds. The molecule has 0 aliphatic rings. The Morgan fingerprint density at radius 3 is 2.45 bits per heavy atom. The van der Waals surface area contributed by atoms with E-state index in [1.807, 2.05) is 18.4 Å². The summed E-state index contributed by atoms with van der Waals surface area (Å²) in [7, 11) is 0. The van der Waals surface area contributed by atoms with Crippen molar-refractivity contribution in [2.24, 2.45) is 0 Å². The van der Waals surface area contributed by atoms with Crippen LogP contribution in [-0.4, -0.2) is 17.1 Å². The average molecular weight is 316 g/mol. The van der Waals surface area contributed by atoms with Gasteiger partial charge in [0.1, 0.15) is 0 Å². The van der Waals surface area contributed by atoms with Crippen molar-refractivity contribution in [3.63, 3.8) is 0 Å². The van der Waals surface area contributed by atoms with Crippen molar-refractivity contribution in [2.75, 3.05) is 11.6 Å². The molecule has 0 fully saturated rings. The van der Waals surface area contributed by atoms with Crippen LogP contribution in [0.15, 0.2) is 42.5 Å². The molecule has 1 N–H and O–H groups in total. The molecule has 0 radical (unpaired) electrons. The number of benzene rings is 2. The Morgan fingerprint density at radius 2 is 1.91 bits per heavy atom. The standard InChI is InChI=1S/C16H16N2O3S/c1-11-9-14(7-8-15(11)18(20)21)17-16(19)13-5-3-12(4-6-13)10-22-2/h3-9H,10H2,1-2H3,(H,17,19). The molecule has 22 heavy (non-hydrogen) atoms. The molecule has 0 atom stereocenters. The average Bonchev–Trinajstić information content (AvgIpc) is 2.48. The molecule has 2 aromatic carbocycles. The largest absolute Gasteiger partial charge is 0.322 e. The van der Waals surface area contributed by atoms with E-state index in [0.29, 0.717) is 16.8 Å². The molecule has 0 saturated carbocycles. The van der Waals surface area contributed by atoms with Gasteiger partial charge in [0.25, 0.3) is 11.6 Å². The smallest absolute Gasteiger partial charge is 0.272 e. The molecule has 0 bridgehead atoms. The first kappa shape index (κ1) is 16.0. The van der Waals surface area contributed by atoms with Gasteiger partial charge in [-0.2, -0.15) is 11.8 Å². The van der Waals surface area contributed by atoms with Crippen LogP contribution in [0.3, 0.4) is 0 Å². The quantitative estimate of drug-likeness (QED) is 0.668. The number of hydrogen-bond acceptors (Lipinski definition) is 4. The van der Waals surface area contributed by atoms with E-state index in [0.717, 1.165) is 11.3 Å². The minimum absolute atomic E-state index is 0.0411. The summed E-state index contributed by atoms with van der Waals surface area (Å²) in [5, 5.41) is 13.5. The van der Waals surface area contributed by atoms with Gasteiger partial charge in [0.05, 0.1) is 4.92 Å². The summed E-state index contributed by atoms with van der Waals surface area (Å²) in [5.74, 6) is 0.674. The fraction of sp³-hybridized carbons (Fsp3) is 0.188. The molecule has 0 aliphatic heterocycles. The van der Waals surface area contributed by atoms with Crippen molar-refractivity contribution in [1.82, 2.24) is 0 Å². The number of aryl methyl sites for hydroxylation is 1. The van der Waals surface area contributed by atoms with Crippen molar-refractivity contribution < 1.29 is 9.72 Å². The maximum absolute atomic E-state index is 12.2. The number of nitro groups is 1. The highest BCUT2D eigenvalue weighted by Gasteiger charge is 2.12. The molecule has 0 saturated heterocycles. The van der Waals surface area contributed by atoms with Gasteiger partial charge in [0.2, 0.25) is 0 Å². The van der Waals surface area contributed by atoms with Crippen LogP contribution in [0.5, 0.6) is 0 Å². The third-order valence-electron chi connectivity index (χ3n) is 3.18. The Bertz CT molecular complexity index is 699. The van der Waals surface area contributed by atoms with E-state index in [9.17, 15) is 14.9 Å². The van der Waals surface area contributed by atoms with Crippen molar-refractivity contribution in [1.29, 1.82) is 0 Å². The third kappa shape index (κ3) is 3.85. The van der Waals surface area contributed by atoms with Crippen molar-refractivity contribution in [2.45, 2.75) is 12.7 Å². The number of carbonyl (C=O) groups excluding carboxylic acids is 1. The van der Waals surface area contributed by atoms with Crippen LogP contribution in [-0.2, 0) is 5.75 Å². The molecular formula is C16H16N2O3S. The molecule has 6 heteroatoms. The number of carbonyl (C=O) groups is 1. The summed E-state index contributed by atoms with van der Waals surface area (Å²) >= 11 is 1.72. The molecule has 5 nitrogen and oxygen atoms in total. The molecule has 2 aromatic rings. The highest BCUT2D eigenvalue weighted by molar-refractivity contribution is 7.97. The van der Waals surface area contributed by atoms with Gasteiger partial charge in [-0.25, -0.2) is 0 Å². The van der Waals surface area contributed by atoms with Crippen LogP contribution in [0.1, 0.15) is 21.5 Å². The topological polar surface area (TPSA) is 72.2 Å². The lowest BCUT2D eigenvalue weighted by Gasteiger charge is -2.07. The van der Waals surface area contributed by atoms with Crippen LogP contribution >= 0.6 is 11.8 Å². The molecule has 0 aromatic heterocycles. The molecule has 0 spiro atoms. The normalized spacial score (nSPS) is 10.3. The number of amides is 1. The SMILES string of the molecule is CSCc1ccc(C(=O)Nc2ccc([N+](=O)[O-])c(C)c2)cc1. The van der Waals surface area contributed by atoms with E-state index in [1.54, 1.807) is 36.9 Å². The summed E-state index contributed by atoms with van der Waals surface area (Å²) in [4.78, 5) is 22.5. The van der Waals surface area contributed by atoms with Gasteiger partial charge < -0.3 is 5.32 Å². The zero-order valence-corrected chi connectivity index (χ0v) is 13.1. The third-order valence-corrected chi connectivity index (χ3v) is 3.80. The number of thioether (sulfide) groups is 1. The van der Waals surface area contributed by atoms with E-state index in [-0.39, 0.29) is 11.6 Å². The van der Waals surface area contributed by atoms with Crippen LogP contribution in [0.4, 0.5) is 11.4 Å². The number of rotatable bonds is 5. The first-order valence-electron chi connectivity index (χ1n) is 6.65. The fourth-order valence-electron chi connectivity index (χ4n) is 2.06. The summed E-state index contributed by atoms with van der Waals surface area (Å²) < 4.78 is 0. The fourth-order valence-corrected chi connectivity index (χ4v) is 2.59. The summed E-state index contributed by atoms with van der Waals surface area (Å²) in [6.07, 6.45) is 2.03. The van der Waals surface area contributed by atoms with Crippen LogP contribution in [0.25, 0.3) is 0 Å². The van der Waals surface area contributed by atoms with Crippen LogP contribution in [0, 0.1) is 17.0 Å². The Labute approximate surface area is 132 Å². The first-order valence-corrected chi connectivity index (χ1v) is 8.05. The van der Waals surface area contributed by atoms with Gasteiger partial charge in [-0.15, -0.1) is 0 Å². The van der Waals surface area contributed by atoms with Gasteiger partial charge in [0.15, 0.2) is 0 Å². The van der Waals surface area contributed by atoms with E-state index >= 15 is 0 Å². The summed E-state index contributed by atoms with van der Waals surface area (Å²) in [6.45, 7) is 1.64. The van der Waals surface area contributed by atoms with Crippen LogP contribution in [0.2, 0.25) is 0 Å². The first-order chi connectivity index (χ1) is 10.5. The minimum atomic E-state index is -0.439. The van der Waals surface area contributed by atoms with Crippen LogP contribution < -0.4 is 5.32 Å². The number of anilines is 1. The monoisotopic (exact) mass is 316 g/mol. The maximum Gasteiger partial charge on any atom is 0.272 e. The molecule has 0 heterocycles. The van der Waals surface area contributed by atoms with Crippen molar-refractivity contribution in [3.8, 4) is 0 Å². The predicted octanol–water partition coefficient (Wildman–Crippen LogP) is 4.02. The minimum Gasteiger partial charge on any atom is -0.322 e. The summed E-state index contributed by atoms with van der Waals surface area (Å²) in [6, 6.07) is 11.9. The van der Waals surface area contributed by atoms with Gasteiger partial charge in [-0.1, -0.05) is 12.1 Å². The lowest BCUT2D eigenvalue weighted by atomic mass is 10.1. The van der Waals surface area contributed by atoms with Crippen molar-refractivity contribution in [3.05, 3.63) is 69.3 Å². The highest BCUT2D eigenvalue weighted by atomic mass is 32.2. The molecule has 2 rings (SSSR count). The lowest BCUT2D eigenvalue weighted by molar-refractivity contribution is -0.385. The lowest BCUT2D eigenvalue weighted by Crippen LogP contribution is -2.12. The predicted molar refractivity (Wildman–Crippen MR) is 89.4 cm³/mol. The Balaban J connectivity index is 2.11. The Kier molecular flexibility index (Phi) is 5.16. The Hall–Kier alpha value is -2.34. The van der Waals surface area contributed by atoms with Gasteiger partial charge in [0, 0.05) is 28.6 Å². The number of hydrogen-bond donors (Lipinski definition) is 1. The van der Waals surface area contributed by atoms with E-state index in [4.69, 9.17) is 0 Å². The molecule has 114 valence electrons. The Morgan fingerprint density at radius 1 is 1.23 bits per heavy atom. The molecule has 0 unspecified atom stereocenters. The van der Waals surface area contributed by atoms with E-state index in [1.165, 1.54) is 12.1 Å². The van der Waals surface area contributed by atoms with Gasteiger partial charge in [-0.05, 0) is 43.0 Å². The zero-order chi connectivity index (χ0) is 16.1. The second-order valence-electron chi connectivity index (χ2n) is 4.84. The van der Waals surface area contributed by atoms with Crippen molar-refractivity contribution >= 4 is 29.0 Å². The summed E-state index contributed by atoms with van der Waals surface area (Å²) in [5.41, 5.74) is 2.81. The second-order valence-corrected chi connectivity index (χ2v) is 5.71.